The van der Waals surface area contributed by atoms with E-state index in [1.54, 1.807) is 36.4 Å². The number of aromatic hydroxyl groups is 1. The number of benzene rings is 2. The fourth-order valence-corrected chi connectivity index (χ4v) is 1.43. The summed E-state index contributed by atoms with van der Waals surface area (Å²) in [6, 6.07) is 13.2. The van der Waals surface area contributed by atoms with Gasteiger partial charge in [-0.3, -0.25) is 0 Å². The normalized spacial score (nSPS) is 9.65. The van der Waals surface area contributed by atoms with Gasteiger partial charge in [0.15, 0.2) is 11.5 Å². The van der Waals surface area contributed by atoms with Crippen LogP contribution in [0.15, 0.2) is 42.5 Å². The molecule has 2 aromatic rings. The Morgan fingerprint density at radius 2 is 1.82 bits per heavy atom. The summed E-state index contributed by atoms with van der Waals surface area (Å²) in [6.07, 6.45) is 0. The van der Waals surface area contributed by atoms with Crippen molar-refractivity contribution in [2.45, 2.75) is 0 Å². The monoisotopic (exact) mass is 245 g/mol. The van der Waals surface area contributed by atoms with Gasteiger partial charge in [0.25, 0.3) is 0 Å². The minimum atomic E-state index is -0.0704. The number of nitriles is 1. The van der Waals surface area contributed by atoms with E-state index in [1.165, 1.54) is 6.07 Å². The topological polar surface area (TPSA) is 53.2 Å². The summed E-state index contributed by atoms with van der Waals surface area (Å²) in [6.45, 7) is 0. The number of rotatable bonds is 2. The van der Waals surface area contributed by atoms with Crippen molar-refractivity contribution < 1.29 is 9.84 Å². The molecule has 0 aliphatic heterocycles. The van der Waals surface area contributed by atoms with E-state index in [9.17, 15) is 5.11 Å². The van der Waals surface area contributed by atoms with Gasteiger partial charge in [-0.25, -0.2) is 0 Å². The molecule has 0 saturated heterocycles. The lowest BCUT2D eigenvalue weighted by Gasteiger charge is -2.07. The molecule has 2 rings (SSSR count). The first-order valence-corrected chi connectivity index (χ1v) is 5.23. The number of phenolic OH excluding ortho intramolecular Hbond substituents is 1. The fraction of sp³-hybridized carbons (Fsp3) is 0. The van der Waals surface area contributed by atoms with Gasteiger partial charge in [0.1, 0.15) is 5.75 Å². The van der Waals surface area contributed by atoms with Crippen LogP contribution in [0.3, 0.4) is 0 Å². The number of phenols is 1. The van der Waals surface area contributed by atoms with Crippen LogP contribution >= 0.6 is 11.6 Å². The quantitative estimate of drug-likeness (QED) is 0.878. The lowest BCUT2D eigenvalue weighted by molar-refractivity contribution is 0.411. The Kier molecular flexibility index (Phi) is 3.17. The molecule has 2 aromatic carbocycles. The van der Waals surface area contributed by atoms with Crippen LogP contribution in [-0.2, 0) is 0 Å². The van der Waals surface area contributed by atoms with Crippen molar-refractivity contribution in [3.8, 4) is 23.3 Å². The van der Waals surface area contributed by atoms with Crippen LogP contribution in [0.4, 0.5) is 0 Å². The highest BCUT2D eigenvalue weighted by atomic mass is 35.5. The van der Waals surface area contributed by atoms with Gasteiger partial charge in [-0.15, -0.1) is 0 Å². The Balaban J connectivity index is 2.25. The molecule has 1 N–H and O–H groups in total. The largest absolute Gasteiger partial charge is 0.504 e. The molecular weight excluding hydrogens is 238 g/mol. The van der Waals surface area contributed by atoms with E-state index in [1.807, 2.05) is 6.07 Å². The number of hydrogen-bond donors (Lipinski definition) is 1. The van der Waals surface area contributed by atoms with E-state index in [0.29, 0.717) is 22.1 Å². The van der Waals surface area contributed by atoms with E-state index >= 15 is 0 Å². The lowest BCUT2D eigenvalue weighted by Crippen LogP contribution is -1.85. The van der Waals surface area contributed by atoms with E-state index in [0.717, 1.165) is 0 Å². The molecule has 3 nitrogen and oxygen atoms in total. The van der Waals surface area contributed by atoms with Crippen molar-refractivity contribution in [3.05, 3.63) is 53.1 Å². The summed E-state index contributed by atoms with van der Waals surface area (Å²) in [5.41, 5.74) is 0.381. The van der Waals surface area contributed by atoms with Gasteiger partial charge in [-0.05, 0) is 36.4 Å². The van der Waals surface area contributed by atoms with Crippen LogP contribution in [0.2, 0.25) is 5.02 Å². The maximum atomic E-state index is 9.64. The van der Waals surface area contributed by atoms with Gasteiger partial charge in [-0.1, -0.05) is 11.6 Å². The molecule has 0 aliphatic rings. The number of ether oxygens (including phenoxy) is 1. The molecule has 0 radical (unpaired) electrons. The summed E-state index contributed by atoms with van der Waals surface area (Å²) >= 11 is 5.74. The number of halogens is 1. The SMILES string of the molecule is N#Cc1ccc(Oc2ccc(Cl)cc2)c(O)c1. The lowest BCUT2D eigenvalue weighted by atomic mass is 10.2. The predicted octanol–water partition coefficient (Wildman–Crippen LogP) is 3.71. The van der Waals surface area contributed by atoms with Crippen molar-refractivity contribution in [1.29, 1.82) is 5.26 Å². The maximum Gasteiger partial charge on any atom is 0.169 e. The predicted molar refractivity (Wildman–Crippen MR) is 64.3 cm³/mol. The highest BCUT2D eigenvalue weighted by Gasteiger charge is 2.04. The van der Waals surface area contributed by atoms with Gasteiger partial charge in [-0.2, -0.15) is 5.26 Å². The third kappa shape index (κ3) is 2.68. The van der Waals surface area contributed by atoms with Gasteiger partial charge < -0.3 is 9.84 Å². The van der Waals surface area contributed by atoms with E-state index < -0.39 is 0 Å². The molecule has 0 amide bonds. The van der Waals surface area contributed by atoms with Gasteiger partial charge in [0.05, 0.1) is 11.6 Å². The first-order chi connectivity index (χ1) is 8.19. The standard InChI is InChI=1S/C13H8ClNO2/c14-10-2-4-11(5-3-10)17-13-6-1-9(8-15)7-12(13)16/h1-7,16H. The summed E-state index contributed by atoms with van der Waals surface area (Å²) in [5.74, 6) is 0.791. The molecule has 0 unspecified atom stereocenters. The van der Waals surface area contributed by atoms with Crippen LogP contribution < -0.4 is 4.74 Å². The zero-order chi connectivity index (χ0) is 12.3. The molecule has 0 spiro atoms. The third-order valence-corrected chi connectivity index (χ3v) is 2.38. The zero-order valence-corrected chi connectivity index (χ0v) is 9.48. The zero-order valence-electron chi connectivity index (χ0n) is 8.72. The van der Waals surface area contributed by atoms with E-state index in [4.69, 9.17) is 21.6 Å². The average molecular weight is 246 g/mol. The second kappa shape index (κ2) is 4.77. The van der Waals surface area contributed by atoms with Crippen molar-refractivity contribution in [2.24, 2.45) is 0 Å². The molecule has 84 valence electrons. The highest BCUT2D eigenvalue weighted by Crippen LogP contribution is 2.31. The first-order valence-electron chi connectivity index (χ1n) is 4.85. The Labute approximate surface area is 103 Å². The third-order valence-electron chi connectivity index (χ3n) is 2.13. The molecular formula is C13H8ClNO2. The van der Waals surface area contributed by atoms with Gasteiger partial charge >= 0.3 is 0 Å². The first kappa shape index (κ1) is 11.3. The van der Waals surface area contributed by atoms with Crippen LogP contribution in [0, 0.1) is 11.3 Å². The summed E-state index contributed by atoms with van der Waals surface area (Å²) in [4.78, 5) is 0. The summed E-state index contributed by atoms with van der Waals surface area (Å²) in [7, 11) is 0. The molecule has 0 atom stereocenters. The van der Waals surface area contributed by atoms with Crippen LogP contribution in [0.5, 0.6) is 17.2 Å². The van der Waals surface area contributed by atoms with Gasteiger partial charge in [0.2, 0.25) is 0 Å². The molecule has 0 heterocycles. The molecule has 17 heavy (non-hydrogen) atoms. The molecule has 0 aliphatic carbocycles. The summed E-state index contributed by atoms with van der Waals surface area (Å²) < 4.78 is 5.45. The minimum Gasteiger partial charge on any atom is -0.504 e. The van der Waals surface area contributed by atoms with Crippen LogP contribution in [0.1, 0.15) is 5.56 Å². The van der Waals surface area contributed by atoms with Crippen molar-refractivity contribution in [3.63, 3.8) is 0 Å². The van der Waals surface area contributed by atoms with Crippen molar-refractivity contribution in [2.75, 3.05) is 0 Å². The molecule has 0 fully saturated rings. The molecule has 0 saturated carbocycles. The van der Waals surface area contributed by atoms with Crippen LogP contribution in [0.25, 0.3) is 0 Å². The van der Waals surface area contributed by atoms with Crippen molar-refractivity contribution >= 4 is 11.6 Å². The Bertz CT molecular complexity index is 573. The van der Waals surface area contributed by atoms with E-state index in [2.05, 4.69) is 0 Å². The summed E-state index contributed by atoms with van der Waals surface area (Å²) in [5, 5.41) is 18.9. The number of nitrogens with zero attached hydrogens (tertiary/aromatic N) is 1. The van der Waals surface area contributed by atoms with Gasteiger partial charge in [0, 0.05) is 11.1 Å². The highest BCUT2D eigenvalue weighted by molar-refractivity contribution is 6.30. The molecule has 0 bridgehead atoms. The Morgan fingerprint density at radius 1 is 1.12 bits per heavy atom. The Morgan fingerprint density at radius 3 is 2.41 bits per heavy atom. The van der Waals surface area contributed by atoms with Crippen LogP contribution in [-0.4, -0.2) is 5.11 Å². The molecule has 4 heteroatoms. The smallest absolute Gasteiger partial charge is 0.169 e. The van der Waals surface area contributed by atoms with E-state index in [-0.39, 0.29) is 5.75 Å². The number of hydrogen-bond acceptors (Lipinski definition) is 3. The minimum absolute atomic E-state index is 0.0704. The second-order valence-corrected chi connectivity index (χ2v) is 3.79. The van der Waals surface area contributed by atoms with Crippen molar-refractivity contribution in [1.82, 2.24) is 0 Å². The maximum absolute atomic E-state index is 9.64. The molecule has 0 aromatic heterocycles. The fourth-order valence-electron chi connectivity index (χ4n) is 1.30. The second-order valence-electron chi connectivity index (χ2n) is 3.35. The Hall–Kier alpha value is -2.18. The average Bonchev–Trinajstić information content (AvgIpc) is 2.34.